The molecular weight excluding hydrogens is 463 g/mol. The molecular formula is C27H25FN4O4. The van der Waals surface area contributed by atoms with Crippen LogP contribution in [0.1, 0.15) is 42.9 Å². The molecule has 2 aromatic carbocycles. The molecule has 1 atom stereocenters. The van der Waals surface area contributed by atoms with Crippen LogP contribution in [0, 0.1) is 17.7 Å². The number of carbonyl (C=O) groups excluding carboxylic acids is 3. The number of ether oxygens (including phenoxy) is 1. The van der Waals surface area contributed by atoms with E-state index in [0.717, 1.165) is 10.9 Å². The molecule has 3 aromatic rings. The standard InChI is InChI=1S/C27H25FN4O4/c1-31-26-20(25(30-31)21-9-10-23(33)29-27(21)35)6-3-7-22(26)36-19-12-14-32(15-13-19)24(34)11-8-17-4-2-5-18(28)16-17/h2-7,16,19,21H,9-10,12-15H2,1H3,(H,29,33,35). The van der Waals surface area contributed by atoms with Crippen LogP contribution in [0.3, 0.4) is 0 Å². The Bertz CT molecular complexity index is 1410. The number of para-hydroxylation sites is 1. The van der Waals surface area contributed by atoms with Crippen LogP contribution in [0.25, 0.3) is 10.9 Å². The number of likely N-dealkylation sites (tertiary alicyclic amines) is 1. The van der Waals surface area contributed by atoms with Gasteiger partial charge in [-0.15, -0.1) is 0 Å². The molecule has 3 amide bonds. The highest BCUT2D eigenvalue weighted by atomic mass is 19.1. The quantitative estimate of drug-likeness (QED) is 0.452. The molecule has 2 fully saturated rings. The van der Waals surface area contributed by atoms with E-state index in [1.807, 2.05) is 25.2 Å². The summed E-state index contributed by atoms with van der Waals surface area (Å²) in [5.41, 5.74) is 1.89. The largest absolute Gasteiger partial charge is 0.488 e. The van der Waals surface area contributed by atoms with Gasteiger partial charge in [0.1, 0.15) is 23.2 Å². The number of carbonyl (C=O) groups is 3. The maximum Gasteiger partial charge on any atom is 0.298 e. The van der Waals surface area contributed by atoms with Crippen LogP contribution in [0.4, 0.5) is 4.39 Å². The van der Waals surface area contributed by atoms with Crippen LogP contribution in [0.5, 0.6) is 5.75 Å². The Morgan fingerprint density at radius 3 is 2.67 bits per heavy atom. The average Bonchev–Trinajstić information content (AvgIpc) is 3.20. The number of aromatic nitrogens is 2. The van der Waals surface area contributed by atoms with E-state index in [2.05, 4.69) is 22.3 Å². The van der Waals surface area contributed by atoms with Crippen molar-refractivity contribution in [2.24, 2.45) is 7.05 Å². The second-order valence-electron chi connectivity index (χ2n) is 9.03. The van der Waals surface area contributed by atoms with Crippen molar-refractivity contribution in [1.82, 2.24) is 20.0 Å². The van der Waals surface area contributed by atoms with Gasteiger partial charge in [0.15, 0.2) is 0 Å². The summed E-state index contributed by atoms with van der Waals surface area (Å²) >= 11 is 0. The van der Waals surface area contributed by atoms with E-state index in [-0.39, 0.29) is 36.1 Å². The van der Waals surface area contributed by atoms with E-state index in [0.29, 0.717) is 49.4 Å². The smallest absolute Gasteiger partial charge is 0.298 e. The fourth-order valence-corrected chi connectivity index (χ4v) is 4.76. The van der Waals surface area contributed by atoms with E-state index in [9.17, 15) is 18.8 Å². The highest BCUT2D eigenvalue weighted by molar-refractivity contribution is 6.03. The molecule has 0 aliphatic carbocycles. The number of halogens is 1. The molecule has 9 heteroatoms. The molecule has 2 aliphatic rings. The van der Waals surface area contributed by atoms with Crippen LogP contribution in [-0.2, 0) is 21.4 Å². The van der Waals surface area contributed by atoms with Crippen molar-refractivity contribution in [1.29, 1.82) is 0 Å². The maximum absolute atomic E-state index is 13.3. The number of imide groups is 1. The summed E-state index contributed by atoms with van der Waals surface area (Å²) in [6.07, 6.45) is 1.90. The Morgan fingerprint density at radius 1 is 1.14 bits per heavy atom. The van der Waals surface area contributed by atoms with Gasteiger partial charge >= 0.3 is 0 Å². The van der Waals surface area contributed by atoms with Crippen LogP contribution >= 0.6 is 0 Å². The number of hydrogen-bond acceptors (Lipinski definition) is 5. The van der Waals surface area contributed by atoms with Crippen molar-refractivity contribution >= 4 is 28.6 Å². The minimum absolute atomic E-state index is 0.0928. The van der Waals surface area contributed by atoms with Crippen LogP contribution in [0.2, 0.25) is 0 Å². The first-order chi connectivity index (χ1) is 17.4. The van der Waals surface area contributed by atoms with Gasteiger partial charge in [0, 0.05) is 56.3 Å². The summed E-state index contributed by atoms with van der Waals surface area (Å²) < 4.78 is 21.4. The summed E-state index contributed by atoms with van der Waals surface area (Å²) in [5.74, 6) is 4.24. The number of fused-ring (bicyclic) bond motifs is 1. The summed E-state index contributed by atoms with van der Waals surface area (Å²) in [7, 11) is 1.81. The summed E-state index contributed by atoms with van der Waals surface area (Å²) in [5, 5.41) is 7.82. The van der Waals surface area contributed by atoms with E-state index in [1.54, 1.807) is 21.7 Å². The van der Waals surface area contributed by atoms with E-state index < -0.39 is 5.92 Å². The lowest BCUT2D eigenvalue weighted by molar-refractivity contribution is -0.134. The summed E-state index contributed by atoms with van der Waals surface area (Å²) in [6.45, 7) is 1.01. The van der Waals surface area contributed by atoms with Gasteiger partial charge in [-0.05, 0) is 30.7 Å². The fraction of sp³-hybridized carbons (Fsp3) is 0.333. The molecule has 8 nitrogen and oxygen atoms in total. The minimum atomic E-state index is -0.482. The molecule has 0 saturated carbocycles. The Kier molecular flexibility index (Phi) is 6.42. The van der Waals surface area contributed by atoms with Gasteiger partial charge in [-0.3, -0.25) is 24.4 Å². The number of nitrogens with zero attached hydrogens (tertiary/aromatic N) is 3. The first-order valence-corrected chi connectivity index (χ1v) is 11.9. The van der Waals surface area contributed by atoms with Gasteiger partial charge in [0.2, 0.25) is 11.8 Å². The lowest BCUT2D eigenvalue weighted by Crippen LogP contribution is -2.41. The molecule has 184 valence electrons. The molecule has 2 aliphatic heterocycles. The summed E-state index contributed by atoms with van der Waals surface area (Å²) in [6, 6.07) is 11.5. The van der Waals surface area contributed by atoms with Crippen LogP contribution in [0.15, 0.2) is 42.5 Å². The molecule has 2 saturated heterocycles. The highest BCUT2D eigenvalue weighted by Gasteiger charge is 2.32. The third-order valence-corrected chi connectivity index (χ3v) is 6.59. The van der Waals surface area contributed by atoms with Crippen molar-refractivity contribution < 1.29 is 23.5 Å². The van der Waals surface area contributed by atoms with Gasteiger partial charge in [-0.2, -0.15) is 5.10 Å². The number of nitrogens with one attached hydrogen (secondary N) is 1. The number of hydrogen-bond donors (Lipinski definition) is 1. The van der Waals surface area contributed by atoms with Crippen molar-refractivity contribution in [2.75, 3.05) is 13.1 Å². The van der Waals surface area contributed by atoms with Gasteiger partial charge < -0.3 is 9.64 Å². The lowest BCUT2D eigenvalue weighted by Gasteiger charge is -2.31. The first kappa shape index (κ1) is 23.5. The van der Waals surface area contributed by atoms with Crippen LogP contribution in [-0.4, -0.2) is 51.6 Å². The third-order valence-electron chi connectivity index (χ3n) is 6.59. The first-order valence-electron chi connectivity index (χ1n) is 11.9. The molecule has 0 spiro atoms. The zero-order valence-electron chi connectivity index (χ0n) is 19.8. The van der Waals surface area contributed by atoms with Gasteiger partial charge in [0.05, 0.1) is 11.6 Å². The second-order valence-corrected chi connectivity index (χ2v) is 9.03. The van der Waals surface area contributed by atoms with Crippen LogP contribution < -0.4 is 10.1 Å². The number of benzene rings is 2. The molecule has 1 unspecified atom stereocenters. The highest BCUT2D eigenvalue weighted by Crippen LogP contribution is 2.35. The molecule has 3 heterocycles. The average molecular weight is 489 g/mol. The summed E-state index contributed by atoms with van der Waals surface area (Å²) in [4.78, 5) is 38.1. The Balaban J connectivity index is 1.26. The monoisotopic (exact) mass is 488 g/mol. The fourth-order valence-electron chi connectivity index (χ4n) is 4.76. The molecule has 5 rings (SSSR count). The molecule has 1 N–H and O–H groups in total. The van der Waals surface area contributed by atoms with Crippen molar-refractivity contribution in [3.63, 3.8) is 0 Å². The number of amides is 3. The third kappa shape index (κ3) is 4.80. The van der Waals surface area contributed by atoms with Crippen molar-refractivity contribution in [2.45, 2.75) is 37.7 Å². The number of piperidine rings is 2. The predicted octanol–water partition coefficient (Wildman–Crippen LogP) is 2.65. The zero-order valence-corrected chi connectivity index (χ0v) is 19.8. The van der Waals surface area contributed by atoms with Gasteiger partial charge in [-0.1, -0.05) is 24.1 Å². The topological polar surface area (TPSA) is 93.5 Å². The Morgan fingerprint density at radius 2 is 1.92 bits per heavy atom. The normalized spacial score (nSPS) is 18.5. The zero-order chi connectivity index (χ0) is 25.2. The predicted molar refractivity (Wildman–Crippen MR) is 129 cm³/mol. The van der Waals surface area contributed by atoms with Crippen molar-refractivity contribution in [3.05, 3.63) is 59.5 Å². The van der Waals surface area contributed by atoms with Crippen molar-refractivity contribution in [3.8, 4) is 17.6 Å². The van der Waals surface area contributed by atoms with E-state index >= 15 is 0 Å². The molecule has 36 heavy (non-hydrogen) atoms. The lowest BCUT2D eigenvalue weighted by atomic mass is 9.93. The van der Waals surface area contributed by atoms with Gasteiger partial charge in [0.25, 0.3) is 5.91 Å². The second kappa shape index (κ2) is 9.82. The number of aryl methyl sites for hydroxylation is 1. The van der Waals surface area contributed by atoms with E-state index in [4.69, 9.17) is 4.74 Å². The van der Waals surface area contributed by atoms with E-state index in [1.165, 1.54) is 12.1 Å². The molecule has 1 aromatic heterocycles. The molecule has 0 radical (unpaired) electrons. The maximum atomic E-state index is 13.3. The molecule has 0 bridgehead atoms. The SMILES string of the molecule is Cn1nc(C2CCC(=O)NC2=O)c2cccc(OC3CCN(C(=O)C#Cc4cccc(F)c4)CC3)c21. The number of rotatable bonds is 3. The Hall–Kier alpha value is -4.19. The Labute approximate surface area is 207 Å². The minimum Gasteiger partial charge on any atom is -0.488 e. The van der Waals surface area contributed by atoms with Gasteiger partial charge in [-0.25, -0.2) is 4.39 Å².